The van der Waals surface area contributed by atoms with Gasteiger partial charge in [-0.1, -0.05) is 12.1 Å². The van der Waals surface area contributed by atoms with Crippen molar-refractivity contribution >= 4 is 33.4 Å². The highest BCUT2D eigenvalue weighted by Crippen LogP contribution is 2.27. The van der Waals surface area contributed by atoms with Gasteiger partial charge in [-0.2, -0.15) is 0 Å². The Morgan fingerprint density at radius 3 is 2.82 bits per heavy atom. The van der Waals surface area contributed by atoms with Crippen molar-refractivity contribution in [1.29, 1.82) is 0 Å². The highest BCUT2D eigenvalue weighted by Gasteiger charge is 2.20. The van der Waals surface area contributed by atoms with Crippen molar-refractivity contribution in [2.24, 2.45) is 0 Å². The van der Waals surface area contributed by atoms with Gasteiger partial charge < -0.3 is 19.8 Å². The van der Waals surface area contributed by atoms with Gasteiger partial charge in [0.05, 0.1) is 12.5 Å². The fourth-order valence-corrected chi connectivity index (χ4v) is 3.80. The Hall–Kier alpha value is -3.20. The fraction of sp³-hybridized carbons (Fsp3) is 0.263. The van der Waals surface area contributed by atoms with E-state index in [1.807, 2.05) is 18.2 Å². The maximum Gasteiger partial charge on any atom is 0.349 e. The minimum atomic E-state index is -0.658. The number of methoxy groups -OCH3 is 1. The van der Waals surface area contributed by atoms with Crippen LogP contribution in [0.25, 0.3) is 10.2 Å². The number of rotatable bonds is 6. The molecule has 1 aromatic carbocycles. The zero-order chi connectivity index (χ0) is 20.3. The van der Waals surface area contributed by atoms with Gasteiger partial charge in [0.2, 0.25) is 0 Å². The standard InChI is InChI=1S/C19H19N3O5S/c1-10-15-17(24)21-11(2)22-18(15)28-16(10)19(25)27-9-14(23)20-8-12-5-4-6-13(7-12)26-3/h4-7H,8-9H2,1-3H3,(H,20,23)(H,21,22,24). The summed E-state index contributed by atoms with van der Waals surface area (Å²) < 4.78 is 10.2. The molecule has 0 bridgehead atoms. The summed E-state index contributed by atoms with van der Waals surface area (Å²) in [5.74, 6) is 0.0728. The molecular formula is C19H19N3O5S. The number of thiophene rings is 1. The van der Waals surface area contributed by atoms with Crippen LogP contribution in [0.5, 0.6) is 5.75 Å². The lowest BCUT2D eigenvalue weighted by atomic mass is 10.2. The molecule has 2 N–H and O–H groups in total. The SMILES string of the molecule is COc1cccc(CNC(=O)COC(=O)c2sc3nc(C)[nH]c(=O)c3c2C)c1. The molecule has 0 spiro atoms. The highest BCUT2D eigenvalue weighted by molar-refractivity contribution is 7.20. The number of hydrogen-bond donors (Lipinski definition) is 2. The maximum absolute atomic E-state index is 12.3. The van der Waals surface area contributed by atoms with Crippen molar-refractivity contribution in [2.45, 2.75) is 20.4 Å². The van der Waals surface area contributed by atoms with Crippen molar-refractivity contribution in [1.82, 2.24) is 15.3 Å². The van der Waals surface area contributed by atoms with Crippen molar-refractivity contribution < 1.29 is 19.1 Å². The number of esters is 1. The first kappa shape index (κ1) is 19.6. The zero-order valence-corrected chi connectivity index (χ0v) is 16.4. The number of amides is 1. The number of benzene rings is 1. The molecule has 0 fully saturated rings. The van der Waals surface area contributed by atoms with Gasteiger partial charge in [0.15, 0.2) is 6.61 Å². The first-order valence-electron chi connectivity index (χ1n) is 8.46. The van der Waals surface area contributed by atoms with Crippen LogP contribution in [0, 0.1) is 13.8 Å². The summed E-state index contributed by atoms with van der Waals surface area (Å²) in [6.07, 6.45) is 0. The molecular weight excluding hydrogens is 382 g/mol. The Bertz CT molecular complexity index is 1100. The number of H-pyrrole nitrogens is 1. The van der Waals surface area contributed by atoms with Crippen molar-refractivity contribution in [3.63, 3.8) is 0 Å². The molecule has 3 aromatic rings. The zero-order valence-electron chi connectivity index (χ0n) is 15.6. The summed E-state index contributed by atoms with van der Waals surface area (Å²) in [5, 5.41) is 3.04. The molecule has 9 heteroatoms. The van der Waals surface area contributed by atoms with Gasteiger partial charge in [-0.3, -0.25) is 9.59 Å². The average Bonchev–Trinajstić information content (AvgIpc) is 3.01. The maximum atomic E-state index is 12.3. The molecule has 0 radical (unpaired) electrons. The number of carbonyl (C=O) groups is 2. The number of nitrogens with one attached hydrogen (secondary N) is 2. The Labute approximate surface area is 164 Å². The van der Waals surface area contributed by atoms with Crippen molar-refractivity contribution in [2.75, 3.05) is 13.7 Å². The van der Waals surface area contributed by atoms with E-state index >= 15 is 0 Å². The highest BCUT2D eigenvalue weighted by atomic mass is 32.1. The van der Waals surface area contributed by atoms with Crippen LogP contribution in [0.4, 0.5) is 0 Å². The molecule has 0 saturated heterocycles. The third kappa shape index (κ3) is 4.20. The largest absolute Gasteiger partial charge is 0.497 e. The number of nitrogens with zero attached hydrogens (tertiary/aromatic N) is 1. The van der Waals surface area contributed by atoms with Crippen LogP contribution in [0.1, 0.15) is 26.6 Å². The molecule has 28 heavy (non-hydrogen) atoms. The molecule has 2 aromatic heterocycles. The third-order valence-corrected chi connectivity index (χ3v) is 5.23. The van der Waals surface area contributed by atoms with Crippen LogP contribution in [-0.4, -0.2) is 35.6 Å². The molecule has 0 saturated carbocycles. The predicted octanol–water partition coefficient (Wildman–Crippen LogP) is 2.08. The molecule has 0 atom stereocenters. The minimum absolute atomic E-state index is 0.263. The van der Waals surface area contributed by atoms with Gasteiger partial charge in [-0.05, 0) is 37.1 Å². The van der Waals surface area contributed by atoms with Gasteiger partial charge in [-0.25, -0.2) is 9.78 Å². The summed E-state index contributed by atoms with van der Waals surface area (Å²) in [4.78, 5) is 44.0. The number of carbonyl (C=O) groups excluding carboxylic acids is 2. The van der Waals surface area contributed by atoms with E-state index in [-0.39, 0.29) is 17.0 Å². The number of ether oxygens (including phenoxy) is 2. The number of fused-ring (bicyclic) bond motifs is 1. The average molecular weight is 401 g/mol. The number of aromatic nitrogens is 2. The van der Waals surface area contributed by atoms with Gasteiger partial charge in [-0.15, -0.1) is 11.3 Å². The summed E-state index contributed by atoms with van der Waals surface area (Å²) in [5.41, 5.74) is 1.06. The Morgan fingerprint density at radius 2 is 2.07 bits per heavy atom. The van der Waals surface area contributed by atoms with Gasteiger partial charge in [0, 0.05) is 6.54 Å². The molecule has 2 heterocycles. The molecule has 3 rings (SSSR count). The number of aryl methyl sites for hydroxylation is 2. The van der Waals surface area contributed by atoms with E-state index in [1.165, 1.54) is 0 Å². The minimum Gasteiger partial charge on any atom is -0.497 e. The first-order chi connectivity index (χ1) is 13.4. The van der Waals surface area contributed by atoms with Gasteiger partial charge in [0.25, 0.3) is 11.5 Å². The van der Waals surface area contributed by atoms with Crippen molar-refractivity contribution in [3.05, 3.63) is 56.4 Å². The van der Waals surface area contributed by atoms with Gasteiger partial charge in [0.1, 0.15) is 21.3 Å². The fourth-order valence-electron chi connectivity index (χ4n) is 2.68. The summed E-state index contributed by atoms with van der Waals surface area (Å²) >= 11 is 1.08. The summed E-state index contributed by atoms with van der Waals surface area (Å²) in [6, 6.07) is 7.28. The number of hydrogen-bond acceptors (Lipinski definition) is 7. The van der Waals surface area contributed by atoms with Crippen LogP contribution in [0.3, 0.4) is 0 Å². The molecule has 0 aliphatic heterocycles. The molecule has 8 nitrogen and oxygen atoms in total. The van der Waals surface area contributed by atoms with Crippen LogP contribution in [0.15, 0.2) is 29.1 Å². The first-order valence-corrected chi connectivity index (χ1v) is 9.27. The molecule has 0 aliphatic rings. The Balaban J connectivity index is 1.61. The second-order valence-corrected chi connectivity index (χ2v) is 7.09. The van der Waals surface area contributed by atoms with Crippen LogP contribution in [0.2, 0.25) is 0 Å². The summed E-state index contributed by atoms with van der Waals surface area (Å²) in [7, 11) is 1.57. The molecule has 1 amide bonds. The third-order valence-electron chi connectivity index (χ3n) is 4.06. The molecule has 0 unspecified atom stereocenters. The van der Waals surface area contributed by atoms with E-state index in [0.29, 0.717) is 27.4 Å². The Kier molecular flexibility index (Phi) is 5.74. The lowest BCUT2D eigenvalue weighted by Crippen LogP contribution is -2.28. The van der Waals surface area contributed by atoms with E-state index in [9.17, 15) is 14.4 Å². The summed E-state index contributed by atoms with van der Waals surface area (Å²) in [6.45, 7) is 3.19. The van der Waals surface area contributed by atoms with E-state index in [1.54, 1.807) is 27.0 Å². The monoisotopic (exact) mass is 401 g/mol. The van der Waals surface area contributed by atoms with E-state index in [4.69, 9.17) is 9.47 Å². The lowest BCUT2D eigenvalue weighted by molar-refractivity contribution is -0.124. The van der Waals surface area contributed by atoms with Crippen LogP contribution >= 0.6 is 11.3 Å². The van der Waals surface area contributed by atoms with Crippen molar-refractivity contribution in [3.8, 4) is 5.75 Å². The van der Waals surface area contributed by atoms with E-state index in [2.05, 4.69) is 15.3 Å². The Morgan fingerprint density at radius 1 is 1.29 bits per heavy atom. The second-order valence-electron chi connectivity index (χ2n) is 6.09. The van der Waals surface area contributed by atoms with Crippen LogP contribution in [-0.2, 0) is 16.1 Å². The topological polar surface area (TPSA) is 110 Å². The number of aromatic amines is 1. The normalized spacial score (nSPS) is 10.7. The second kappa shape index (κ2) is 8.22. The predicted molar refractivity (Wildman–Crippen MR) is 105 cm³/mol. The molecule has 146 valence electrons. The van der Waals surface area contributed by atoms with E-state index < -0.39 is 18.5 Å². The van der Waals surface area contributed by atoms with Gasteiger partial charge >= 0.3 is 5.97 Å². The quantitative estimate of drug-likeness (QED) is 0.612. The molecule has 0 aliphatic carbocycles. The van der Waals surface area contributed by atoms with E-state index in [0.717, 1.165) is 16.9 Å². The van der Waals surface area contributed by atoms with Crippen LogP contribution < -0.4 is 15.6 Å². The lowest BCUT2D eigenvalue weighted by Gasteiger charge is -2.07. The smallest absolute Gasteiger partial charge is 0.349 e.